The largest absolute Gasteiger partial charge is 0.368 e. The Morgan fingerprint density at radius 3 is 2.57 bits per heavy atom. The van der Waals surface area contributed by atoms with Crippen molar-refractivity contribution in [2.75, 3.05) is 0 Å². The molecule has 0 spiro atoms. The van der Waals surface area contributed by atoms with Crippen LogP contribution in [0.3, 0.4) is 0 Å². The third kappa shape index (κ3) is 2.64. The van der Waals surface area contributed by atoms with Gasteiger partial charge in [-0.05, 0) is 12.3 Å². The van der Waals surface area contributed by atoms with Crippen molar-refractivity contribution < 1.29 is 4.79 Å². The van der Waals surface area contributed by atoms with Crippen molar-refractivity contribution in [3.8, 4) is 0 Å². The van der Waals surface area contributed by atoms with Crippen molar-refractivity contribution in [2.45, 2.75) is 45.5 Å². The minimum absolute atomic E-state index is 0.0476. The number of carbonyl (C=O) groups excluding carboxylic acids is 1. The first-order valence-corrected chi connectivity index (χ1v) is 7.73. The predicted molar refractivity (Wildman–Crippen MR) is 83.1 cm³/mol. The number of alkyl halides is 1. The Hall–Kier alpha value is -1.56. The molecule has 0 radical (unpaired) electrons. The predicted octanol–water partition coefficient (Wildman–Crippen LogP) is 2.14. The van der Waals surface area contributed by atoms with Crippen LogP contribution < -0.4 is 5.73 Å². The molecule has 2 N–H and O–H groups in total. The lowest BCUT2D eigenvalue weighted by Gasteiger charge is -2.21. The number of amides is 1. The van der Waals surface area contributed by atoms with E-state index in [1.165, 1.54) is 0 Å². The van der Waals surface area contributed by atoms with Gasteiger partial charge in [0.25, 0.3) is 0 Å². The number of halogens is 1. The zero-order valence-corrected chi connectivity index (χ0v) is 13.7. The molecule has 2 aromatic rings. The van der Waals surface area contributed by atoms with Crippen molar-refractivity contribution >= 4 is 28.7 Å². The highest BCUT2D eigenvalue weighted by atomic mass is 35.5. The molecular formula is C14H22ClN5O. The van der Waals surface area contributed by atoms with E-state index in [9.17, 15) is 4.79 Å². The Bertz CT molecular complexity index is 658. The number of imidazole rings is 1. The summed E-state index contributed by atoms with van der Waals surface area (Å²) in [5.74, 6) is 0.561. The molecule has 6 nitrogen and oxygen atoms in total. The van der Waals surface area contributed by atoms with E-state index in [1.807, 2.05) is 25.5 Å². The van der Waals surface area contributed by atoms with Crippen LogP contribution >= 0.6 is 11.6 Å². The number of nitrogens with two attached hydrogens (primary N) is 1. The number of nitrogens with zero attached hydrogens (tertiary/aromatic N) is 4. The lowest BCUT2D eigenvalue weighted by atomic mass is 10.0. The van der Waals surface area contributed by atoms with Gasteiger partial charge in [-0.15, -0.1) is 11.6 Å². The van der Waals surface area contributed by atoms with E-state index in [2.05, 4.69) is 17.0 Å². The van der Waals surface area contributed by atoms with Crippen molar-refractivity contribution in [1.82, 2.24) is 19.3 Å². The Balaban J connectivity index is 2.74. The molecule has 2 heterocycles. The third-order valence-corrected chi connectivity index (χ3v) is 3.86. The summed E-state index contributed by atoms with van der Waals surface area (Å²) in [4.78, 5) is 16.5. The summed E-state index contributed by atoms with van der Waals surface area (Å²) in [6, 6.07) is -0.478. The van der Waals surface area contributed by atoms with E-state index in [1.54, 1.807) is 4.68 Å². The molecule has 1 atom stereocenters. The van der Waals surface area contributed by atoms with Gasteiger partial charge in [-0.25, -0.2) is 4.98 Å². The third-order valence-electron chi connectivity index (χ3n) is 3.62. The van der Waals surface area contributed by atoms with Crippen LogP contribution in [0, 0.1) is 5.92 Å². The molecule has 0 aliphatic rings. The lowest BCUT2D eigenvalue weighted by Crippen LogP contribution is -2.32. The van der Waals surface area contributed by atoms with Gasteiger partial charge in [0.05, 0.1) is 11.6 Å². The van der Waals surface area contributed by atoms with Crippen LogP contribution in [0.1, 0.15) is 44.8 Å². The average Bonchev–Trinajstić information content (AvgIpc) is 2.89. The summed E-state index contributed by atoms with van der Waals surface area (Å²) >= 11 is 6.03. The maximum absolute atomic E-state index is 11.9. The van der Waals surface area contributed by atoms with Crippen molar-refractivity contribution in [2.24, 2.45) is 18.7 Å². The summed E-state index contributed by atoms with van der Waals surface area (Å²) in [7, 11) is 1.86. The van der Waals surface area contributed by atoms with Crippen LogP contribution in [0.2, 0.25) is 0 Å². The molecule has 0 aliphatic heterocycles. The number of fused-ring (bicyclic) bond motifs is 1. The van der Waals surface area contributed by atoms with Crippen molar-refractivity contribution in [1.29, 1.82) is 0 Å². The number of aromatic nitrogens is 4. The highest BCUT2D eigenvalue weighted by Crippen LogP contribution is 2.28. The summed E-state index contributed by atoms with van der Waals surface area (Å²) in [5.41, 5.74) is 8.17. The van der Waals surface area contributed by atoms with Gasteiger partial charge in [-0.3, -0.25) is 14.0 Å². The summed E-state index contributed by atoms with van der Waals surface area (Å²) < 4.78 is 3.61. The first-order chi connectivity index (χ1) is 9.92. The van der Waals surface area contributed by atoms with Crippen LogP contribution in [0.25, 0.3) is 11.2 Å². The summed E-state index contributed by atoms with van der Waals surface area (Å²) in [6.45, 7) is 6.02. The van der Waals surface area contributed by atoms with Gasteiger partial charge in [-0.2, -0.15) is 5.10 Å². The summed E-state index contributed by atoms with van der Waals surface area (Å²) in [5, 5.41) is 4.51. The molecule has 116 valence electrons. The number of carbonyl (C=O) groups is 1. The molecule has 0 saturated carbocycles. The van der Waals surface area contributed by atoms with Gasteiger partial charge < -0.3 is 5.73 Å². The maximum atomic E-state index is 11.9. The minimum Gasteiger partial charge on any atom is -0.368 e. The van der Waals surface area contributed by atoms with Gasteiger partial charge in [0.15, 0.2) is 5.65 Å². The molecule has 1 unspecified atom stereocenters. The molecule has 1 amide bonds. The minimum atomic E-state index is -0.478. The zero-order valence-electron chi connectivity index (χ0n) is 12.9. The van der Waals surface area contributed by atoms with Crippen LogP contribution in [-0.2, 0) is 24.1 Å². The Morgan fingerprint density at radius 1 is 1.43 bits per heavy atom. The van der Waals surface area contributed by atoms with Crippen LogP contribution in [0.4, 0.5) is 0 Å². The molecule has 7 heteroatoms. The first kappa shape index (κ1) is 15.8. The monoisotopic (exact) mass is 311 g/mol. The van der Waals surface area contributed by atoms with Gasteiger partial charge in [0, 0.05) is 7.05 Å². The van der Waals surface area contributed by atoms with Crippen LogP contribution in [0.5, 0.6) is 0 Å². The van der Waals surface area contributed by atoms with E-state index >= 15 is 0 Å². The molecule has 0 bridgehead atoms. The molecule has 0 aliphatic carbocycles. The number of aryl methyl sites for hydroxylation is 2. The van der Waals surface area contributed by atoms with E-state index < -0.39 is 6.04 Å². The van der Waals surface area contributed by atoms with E-state index in [0.717, 1.165) is 29.7 Å². The quantitative estimate of drug-likeness (QED) is 0.830. The molecule has 0 aromatic carbocycles. The molecule has 0 fully saturated rings. The molecular weight excluding hydrogens is 290 g/mol. The Kier molecular flexibility index (Phi) is 4.56. The van der Waals surface area contributed by atoms with Crippen LogP contribution in [0.15, 0.2) is 0 Å². The van der Waals surface area contributed by atoms with E-state index in [0.29, 0.717) is 5.82 Å². The highest BCUT2D eigenvalue weighted by Gasteiger charge is 2.29. The fourth-order valence-corrected chi connectivity index (χ4v) is 2.98. The van der Waals surface area contributed by atoms with Crippen molar-refractivity contribution in [3.05, 3.63) is 11.5 Å². The molecule has 2 aromatic heterocycles. The van der Waals surface area contributed by atoms with Gasteiger partial charge in [0.2, 0.25) is 5.91 Å². The average molecular weight is 312 g/mol. The number of hydrogen-bond donors (Lipinski definition) is 1. The topological polar surface area (TPSA) is 78.7 Å². The second-order valence-corrected chi connectivity index (χ2v) is 5.88. The van der Waals surface area contributed by atoms with Gasteiger partial charge in [-0.1, -0.05) is 27.2 Å². The maximum Gasteiger partial charge on any atom is 0.240 e. The second-order valence-electron chi connectivity index (χ2n) is 5.62. The molecule has 0 saturated heterocycles. The van der Waals surface area contributed by atoms with Gasteiger partial charge in [0.1, 0.15) is 17.4 Å². The van der Waals surface area contributed by atoms with Crippen molar-refractivity contribution in [3.63, 3.8) is 0 Å². The number of hydrogen-bond acceptors (Lipinski definition) is 3. The normalized spacial score (nSPS) is 13.2. The summed E-state index contributed by atoms with van der Waals surface area (Å²) in [6.07, 6.45) is 1.83. The first-order valence-electron chi connectivity index (χ1n) is 7.20. The van der Waals surface area contributed by atoms with E-state index in [4.69, 9.17) is 17.3 Å². The zero-order chi connectivity index (χ0) is 15.7. The standard InChI is InChI=1S/C14H22ClN5O/c1-5-6-9-11-14(19(4)18-9)20(10(7-15)17-11)12(8(2)3)13(16)21/h8,12H,5-7H2,1-4H3,(H2,16,21). The number of rotatable bonds is 6. The van der Waals surface area contributed by atoms with Gasteiger partial charge >= 0.3 is 0 Å². The number of primary amides is 1. The Morgan fingerprint density at radius 2 is 2.10 bits per heavy atom. The smallest absolute Gasteiger partial charge is 0.240 e. The highest BCUT2D eigenvalue weighted by molar-refractivity contribution is 6.16. The fourth-order valence-electron chi connectivity index (χ4n) is 2.79. The van der Waals surface area contributed by atoms with Crippen LogP contribution in [-0.4, -0.2) is 25.2 Å². The molecule has 2 rings (SSSR count). The lowest BCUT2D eigenvalue weighted by molar-refractivity contribution is -0.122. The van der Waals surface area contributed by atoms with E-state index in [-0.39, 0.29) is 17.7 Å². The SMILES string of the molecule is CCCc1nn(C)c2c1nc(CCl)n2C(C(N)=O)C(C)C. The fraction of sp³-hybridized carbons (Fsp3) is 0.643. The Labute approximate surface area is 129 Å². The second kappa shape index (κ2) is 6.05. The molecule has 21 heavy (non-hydrogen) atoms.